The minimum absolute atomic E-state index is 0.241. The SMILES string of the molecule is CCNC(=O)c1cc(OC2CCC(N3CC(CC#N)(n4cc(-c5ncnc6[nH]ccc56)cn4)C3)CC2)nc(C(F)(F)F)n1. The van der Waals surface area contributed by atoms with Crippen molar-refractivity contribution in [3.63, 3.8) is 0 Å². The number of nitriles is 1. The Bertz CT molecular complexity index is 1660. The summed E-state index contributed by atoms with van der Waals surface area (Å²) in [5.74, 6) is -2.39. The Morgan fingerprint density at radius 2 is 2.02 bits per heavy atom. The fourth-order valence-electron chi connectivity index (χ4n) is 5.94. The van der Waals surface area contributed by atoms with Crippen LogP contribution < -0.4 is 10.1 Å². The van der Waals surface area contributed by atoms with Gasteiger partial charge in [0, 0.05) is 55.1 Å². The third-order valence-electron chi connectivity index (χ3n) is 8.07. The Kier molecular flexibility index (Phi) is 7.47. The van der Waals surface area contributed by atoms with E-state index in [4.69, 9.17) is 4.74 Å². The van der Waals surface area contributed by atoms with Crippen molar-refractivity contribution in [1.82, 2.24) is 44.9 Å². The maximum atomic E-state index is 13.4. The molecule has 6 rings (SSSR count). The summed E-state index contributed by atoms with van der Waals surface area (Å²) < 4.78 is 47.9. The standard InChI is InChI=1S/C28H29F3N10O2/c1-2-33-25(42)21-11-22(39-26(38-21)28(29,30)31)43-19-5-3-18(4-6-19)40-14-27(15-40,8-9-32)41-13-17(12-37-41)23-20-7-10-34-24(20)36-16-35-23/h7,10-13,16,18-19H,2-6,8,14-15H2,1H3,(H,33,42)(H,34,35,36). The molecular weight excluding hydrogens is 565 g/mol. The van der Waals surface area contributed by atoms with Crippen molar-refractivity contribution in [2.24, 2.45) is 0 Å². The molecule has 4 aromatic rings. The number of carbonyl (C=O) groups is 1. The zero-order valence-corrected chi connectivity index (χ0v) is 23.3. The Hall–Kier alpha value is -4.58. The van der Waals surface area contributed by atoms with Crippen LogP contribution in [0.25, 0.3) is 22.3 Å². The topological polar surface area (TPSA) is 151 Å². The minimum Gasteiger partial charge on any atom is -0.474 e. The van der Waals surface area contributed by atoms with Gasteiger partial charge in [-0.05, 0) is 38.7 Å². The van der Waals surface area contributed by atoms with Crippen LogP contribution in [0.2, 0.25) is 0 Å². The number of alkyl halides is 3. The molecule has 1 aliphatic carbocycles. The van der Waals surface area contributed by atoms with Gasteiger partial charge in [-0.2, -0.15) is 28.5 Å². The Morgan fingerprint density at radius 3 is 2.74 bits per heavy atom. The molecule has 2 N–H and O–H groups in total. The number of aromatic nitrogens is 7. The van der Waals surface area contributed by atoms with Crippen molar-refractivity contribution in [3.05, 3.63) is 48.6 Å². The second-order valence-corrected chi connectivity index (χ2v) is 10.9. The van der Waals surface area contributed by atoms with Crippen LogP contribution in [0.1, 0.15) is 55.3 Å². The zero-order valence-electron chi connectivity index (χ0n) is 23.3. The van der Waals surface area contributed by atoms with E-state index in [1.54, 1.807) is 13.1 Å². The van der Waals surface area contributed by atoms with Crippen LogP contribution in [0.15, 0.2) is 37.1 Å². The lowest BCUT2D eigenvalue weighted by Gasteiger charge is -2.53. The molecule has 0 atom stereocenters. The lowest BCUT2D eigenvalue weighted by Crippen LogP contribution is -2.65. The molecule has 12 nitrogen and oxygen atoms in total. The summed E-state index contributed by atoms with van der Waals surface area (Å²) in [6.45, 7) is 3.21. The third kappa shape index (κ3) is 5.62. The second kappa shape index (κ2) is 11.3. The number of fused-ring (bicyclic) bond motifs is 1. The van der Waals surface area contributed by atoms with Gasteiger partial charge in [0.15, 0.2) is 0 Å². The smallest absolute Gasteiger partial charge is 0.451 e. The van der Waals surface area contributed by atoms with Crippen LogP contribution >= 0.6 is 0 Å². The quantitative estimate of drug-likeness (QED) is 0.311. The molecule has 0 radical (unpaired) electrons. The lowest BCUT2D eigenvalue weighted by molar-refractivity contribution is -0.145. The zero-order chi connectivity index (χ0) is 30.2. The molecule has 5 heterocycles. The van der Waals surface area contributed by atoms with Crippen LogP contribution in [-0.4, -0.2) is 77.3 Å². The van der Waals surface area contributed by atoms with Crippen molar-refractivity contribution in [1.29, 1.82) is 5.26 Å². The van der Waals surface area contributed by atoms with Gasteiger partial charge in [-0.3, -0.25) is 14.4 Å². The number of likely N-dealkylation sites (tertiary alicyclic amines) is 1. The number of carbonyl (C=O) groups excluding carboxylic acids is 1. The molecular formula is C28H29F3N10O2. The molecule has 0 bridgehead atoms. The van der Waals surface area contributed by atoms with Gasteiger partial charge in [0.25, 0.3) is 5.91 Å². The lowest BCUT2D eigenvalue weighted by atomic mass is 9.82. The average molecular weight is 595 g/mol. The summed E-state index contributed by atoms with van der Waals surface area (Å²) in [4.78, 5) is 33.2. The molecule has 0 aromatic carbocycles. The van der Waals surface area contributed by atoms with Crippen molar-refractivity contribution in [2.75, 3.05) is 19.6 Å². The van der Waals surface area contributed by atoms with Crippen LogP contribution in [0, 0.1) is 11.3 Å². The normalized spacial score (nSPS) is 20.3. The van der Waals surface area contributed by atoms with Crippen molar-refractivity contribution in [2.45, 2.75) is 62.9 Å². The minimum atomic E-state index is -4.82. The monoisotopic (exact) mass is 594 g/mol. The molecule has 1 amide bonds. The molecule has 1 saturated heterocycles. The van der Waals surface area contributed by atoms with Gasteiger partial charge in [0.1, 0.15) is 29.3 Å². The maximum absolute atomic E-state index is 13.4. The largest absolute Gasteiger partial charge is 0.474 e. The summed E-state index contributed by atoms with van der Waals surface area (Å²) >= 11 is 0. The van der Waals surface area contributed by atoms with E-state index in [0.29, 0.717) is 32.4 Å². The number of ether oxygens (including phenoxy) is 1. The van der Waals surface area contributed by atoms with E-state index in [1.165, 1.54) is 6.33 Å². The van der Waals surface area contributed by atoms with Gasteiger partial charge in [-0.15, -0.1) is 0 Å². The number of rotatable bonds is 8. The first-order valence-corrected chi connectivity index (χ1v) is 14.0. The van der Waals surface area contributed by atoms with Crippen LogP contribution in [0.4, 0.5) is 13.2 Å². The molecule has 2 fully saturated rings. The molecule has 2 aliphatic rings. The van der Waals surface area contributed by atoms with Crippen LogP contribution in [0.3, 0.4) is 0 Å². The first-order chi connectivity index (χ1) is 20.7. The maximum Gasteiger partial charge on any atom is 0.451 e. The van der Waals surface area contributed by atoms with E-state index in [2.05, 4.69) is 46.3 Å². The van der Waals surface area contributed by atoms with E-state index < -0.39 is 23.4 Å². The van der Waals surface area contributed by atoms with Crippen molar-refractivity contribution in [3.8, 4) is 23.2 Å². The van der Waals surface area contributed by atoms with Gasteiger partial charge in [0.2, 0.25) is 11.7 Å². The molecule has 43 heavy (non-hydrogen) atoms. The van der Waals surface area contributed by atoms with Crippen LogP contribution in [-0.2, 0) is 11.7 Å². The van der Waals surface area contributed by atoms with Gasteiger partial charge in [-0.25, -0.2) is 15.0 Å². The molecule has 0 spiro atoms. The highest BCUT2D eigenvalue weighted by Gasteiger charge is 2.48. The first kappa shape index (κ1) is 28.5. The van der Waals surface area contributed by atoms with Crippen molar-refractivity contribution < 1.29 is 22.7 Å². The number of H-pyrrole nitrogens is 1. The van der Waals surface area contributed by atoms with E-state index in [0.717, 1.165) is 41.2 Å². The number of hydrogen-bond acceptors (Lipinski definition) is 9. The Balaban J connectivity index is 1.10. The molecule has 224 valence electrons. The van der Waals surface area contributed by atoms with Gasteiger partial charge in [-0.1, -0.05) is 0 Å². The molecule has 15 heteroatoms. The van der Waals surface area contributed by atoms with E-state index in [9.17, 15) is 23.2 Å². The molecule has 1 aliphatic heterocycles. The van der Waals surface area contributed by atoms with Crippen molar-refractivity contribution >= 4 is 16.9 Å². The van der Waals surface area contributed by atoms with Gasteiger partial charge >= 0.3 is 6.18 Å². The summed E-state index contributed by atoms with van der Waals surface area (Å²) in [5, 5.41) is 17.6. The first-order valence-electron chi connectivity index (χ1n) is 14.0. The third-order valence-corrected chi connectivity index (χ3v) is 8.07. The summed E-state index contributed by atoms with van der Waals surface area (Å²) in [6.07, 6.45) is 4.91. The van der Waals surface area contributed by atoms with E-state index >= 15 is 0 Å². The summed E-state index contributed by atoms with van der Waals surface area (Å²) in [7, 11) is 0. The van der Waals surface area contributed by atoms with Gasteiger partial charge < -0.3 is 15.0 Å². The fourth-order valence-corrected chi connectivity index (χ4v) is 5.94. The summed E-state index contributed by atoms with van der Waals surface area (Å²) in [6, 6.07) is 5.63. The molecule has 1 saturated carbocycles. The predicted octanol–water partition coefficient (Wildman–Crippen LogP) is 3.69. The average Bonchev–Trinajstić information content (AvgIpc) is 3.65. The highest BCUT2D eigenvalue weighted by Crippen LogP contribution is 2.39. The highest BCUT2D eigenvalue weighted by atomic mass is 19.4. The predicted molar refractivity (Wildman–Crippen MR) is 147 cm³/mol. The number of halogens is 3. The number of amides is 1. The van der Waals surface area contributed by atoms with E-state index in [1.807, 2.05) is 23.1 Å². The Morgan fingerprint density at radius 1 is 1.23 bits per heavy atom. The number of nitrogens with zero attached hydrogens (tertiary/aromatic N) is 8. The van der Waals surface area contributed by atoms with Gasteiger partial charge in [0.05, 0.1) is 24.4 Å². The fraction of sp³-hybridized carbons (Fsp3) is 0.464. The Labute approximate surface area is 244 Å². The number of hydrogen-bond donors (Lipinski definition) is 2. The summed E-state index contributed by atoms with van der Waals surface area (Å²) in [5.41, 5.74) is 1.50. The molecule has 4 aromatic heterocycles. The van der Waals surface area contributed by atoms with Crippen LogP contribution in [0.5, 0.6) is 5.88 Å². The van der Waals surface area contributed by atoms with E-state index in [-0.39, 0.29) is 30.3 Å². The number of nitrogens with one attached hydrogen (secondary N) is 2. The molecule has 0 unspecified atom stereocenters. The second-order valence-electron chi connectivity index (χ2n) is 10.9. The number of aromatic amines is 1. The highest BCUT2D eigenvalue weighted by molar-refractivity contribution is 5.92.